The molecule has 0 aliphatic heterocycles. The molecule has 22 heavy (non-hydrogen) atoms. The van der Waals surface area contributed by atoms with Gasteiger partial charge in [0.05, 0.1) is 16.8 Å². The number of hydrogen-bond acceptors (Lipinski definition) is 1. The monoisotopic (exact) mass is 383 g/mol. The van der Waals surface area contributed by atoms with E-state index < -0.39 is 29.0 Å². The summed E-state index contributed by atoms with van der Waals surface area (Å²) in [5, 5.41) is 0. The van der Waals surface area contributed by atoms with Crippen LogP contribution < -0.4 is 0 Å². The van der Waals surface area contributed by atoms with E-state index in [1.807, 2.05) is 0 Å². The Morgan fingerprint density at radius 2 is 1.59 bits per heavy atom. The van der Waals surface area contributed by atoms with Gasteiger partial charge in [-0.15, -0.1) is 0 Å². The normalized spacial score (nSPS) is 12.5. The molecule has 0 saturated heterocycles. The molecule has 1 heterocycles. The maximum atomic E-state index is 13.1. The standard InChI is InChI=1S/C14H8BrF6N/c1-7-4-12(22-6-11(7)15)9-3-2-8(13(16,17)18)5-10(9)14(19,20)21/h2-6H,1H3. The van der Waals surface area contributed by atoms with Crippen LogP contribution in [0.3, 0.4) is 0 Å². The summed E-state index contributed by atoms with van der Waals surface area (Å²) in [6.07, 6.45) is -8.46. The smallest absolute Gasteiger partial charge is 0.255 e. The molecule has 118 valence electrons. The van der Waals surface area contributed by atoms with E-state index >= 15 is 0 Å². The first-order valence-corrected chi connectivity index (χ1v) is 6.70. The number of nitrogens with zero attached hydrogens (tertiary/aromatic N) is 1. The molecule has 0 saturated carbocycles. The van der Waals surface area contributed by atoms with Gasteiger partial charge in [-0.25, -0.2) is 0 Å². The average Bonchev–Trinajstić information content (AvgIpc) is 2.39. The zero-order valence-corrected chi connectivity index (χ0v) is 12.6. The summed E-state index contributed by atoms with van der Waals surface area (Å²) in [4.78, 5) is 3.85. The molecule has 1 aromatic carbocycles. The topological polar surface area (TPSA) is 12.9 Å². The Bertz CT molecular complexity index is 705. The number of hydrogen-bond donors (Lipinski definition) is 0. The molecule has 0 atom stereocenters. The summed E-state index contributed by atoms with van der Waals surface area (Å²) in [6.45, 7) is 1.65. The van der Waals surface area contributed by atoms with Gasteiger partial charge in [0.15, 0.2) is 0 Å². The van der Waals surface area contributed by atoms with Gasteiger partial charge in [0.25, 0.3) is 0 Å². The summed E-state index contributed by atoms with van der Waals surface area (Å²) in [6, 6.07) is 2.89. The molecule has 0 fully saturated rings. The second kappa shape index (κ2) is 5.57. The molecule has 1 nitrogen and oxygen atoms in total. The Morgan fingerprint density at radius 3 is 2.09 bits per heavy atom. The molecule has 0 radical (unpaired) electrons. The zero-order chi connectivity index (χ0) is 16.7. The van der Waals surface area contributed by atoms with Crippen LogP contribution in [-0.4, -0.2) is 4.98 Å². The van der Waals surface area contributed by atoms with Gasteiger partial charge in [-0.05, 0) is 46.6 Å². The number of rotatable bonds is 1. The van der Waals surface area contributed by atoms with Crippen molar-refractivity contribution in [3.8, 4) is 11.3 Å². The lowest BCUT2D eigenvalue weighted by Crippen LogP contribution is -2.12. The molecule has 0 spiro atoms. The van der Waals surface area contributed by atoms with Crippen LogP contribution in [0, 0.1) is 6.92 Å². The van der Waals surface area contributed by atoms with Crippen molar-refractivity contribution < 1.29 is 26.3 Å². The van der Waals surface area contributed by atoms with Crippen molar-refractivity contribution in [3.05, 3.63) is 51.6 Å². The fourth-order valence-electron chi connectivity index (χ4n) is 1.87. The Balaban J connectivity index is 2.67. The van der Waals surface area contributed by atoms with Crippen LogP contribution in [0.2, 0.25) is 0 Å². The number of alkyl halides is 6. The SMILES string of the molecule is Cc1cc(-c2ccc(C(F)(F)F)cc2C(F)(F)F)ncc1Br. The Labute approximate surface area is 130 Å². The van der Waals surface area contributed by atoms with Gasteiger partial charge in [-0.2, -0.15) is 26.3 Å². The molecule has 0 bridgehead atoms. The van der Waals surface area contributed by atoms with Crippen LogP contribution in [0.5, 0.6) is 0 Å². The first-order valence-electron chi connectivity index (χ1n) is 5.91. The highest BCUT2D eigenvalue weighted by atomic mass is 79.9. The van der Waals surface area contributed by atoms with E-state index in [4.69, 9.17) is 0 Å². The predicted octanol–water partition coefficient (Wildman–Crippen LogP) is 5.86. The number of aryl methyl sites for hydroxylation is 1. The van der Waals surface area contributed by atoms with Crippen molar-refractivity contribution in [1.29, 1.82) is 0 Å². The maximum absolute atomic E-state index is 13.1. The summed E-state index contributed by atoms with van der Waals surface area (Å²) in [7, 11) is 0. The summed E-state index contributed by atoms with van der Waals surface area (Å²) < 4.78 is 77.7. The Hall–Kier alpha value is -1.57. The number of halogens is 7. The molecule has 2 rings (SSSR count). The van der Waals surface area contributed by atoms with Crippen LogP contribution in [-0.2, 0) is 12.4 Å². The van der Waals surface area contributed by atoms with Crippen LogP contribution >= 0.6 is 15.9 Å². The minimum atomic E-state index is -4.92. The average molecular weight is 384 g/mol. The minimum absolute atomic E-state index is 0.0400. The molecular weight excluding hydrogens is 376 g/mol. The first-order chi connectivity index (χ1) is 10.00. The van der Waals surface area contributed by atoms with E-state index in [2.05, 4.69) is 20.9 Å². The van der Waals surface area contributed by atoms with Crippen molar-refractivity contribution >= 4 is 15.9 Å². The molecule has 8 heteroatoms. The first kappa shape index (κ1) is 16.8. The molecule has 0 unspecified atom stereocenters. The summed E-state index contributed by atoms with van der Waals surface area (Å²) >= 11 is 3.16. The van der Waals surface area contributed by atoms with Gasteiger partial charge in [0, 0.05) is 16.2 Å². The molecule has 0 aliphatic carbocycles. The van der Waals surface area contributed by atoms with E-state index in [9.17, 15) is 26.3 Å². The van der Waals surface area contributed by atoms with Gasteiger partial charge in [0.2, 0.25) is 0 Å². The van der Waals surface area contributed by atoms with Crippen molar-refractivity contribution in [2.45, 2.75) is 19.3 Å². The van der Waals surface area contributed by atoms with Crippen molar-refractivity contribution in [3.63, 3.8) is 0 Å². The highest BCUT2D eigenvalue weighted by Crippen LogP contribution is 2.40. The Kier molecular flexibility index (Phi) is 4.25. The van der Waals surface area contributed by atoms with E-state index in [0.717, 1.165) is 6.07 Å². The third-order valence-electron chi connectivity index (χ3n) is 2.98. The van der Waals surface area contributed by atoms with Crippen LogP contribution in [0.4, 0.5) is 26.3 Å². The largest absolute Gasteiger partial charge is 0.417 e. The predicted molar refractivity (Wildman–Crippen MR) is 72.1 cm³/mol. The number of aromatic nitrogens is 1. The van der Waals surface area contributed by atoms with Crippen molar-refractivity contribution in [1.82, 2.24) is 4.98 Å². The van der Waals surface area contributed by atoms with Gasteiger partial charge in [-0.3, -0.25) is 4.98 Å². The highest BCUT2D eigenvalue weighted by molar-refractivity contribution is 9.10. The third kappa shape index (κ3) is 3.43. The molecule has 1 aromatic heterocycles. The molecular formula is C14H8BrF6N. The van der Waals surface area contributed by atoms with E-state index in [0.29, 0.717) is 16.1 Å². The van der Waals surface area contributed by atoms with E-state index in [-0.39, 0.29) is 11.8 Å². The second-order valence-corrected chi connectivity index (χ2v) is 5.43. The van der Waals surface area contributed by atoms with E-state index in [1.165, 1.54) is 12.3 Å². The lowest BCUT2D eigenvalue weighted by atomic mass is 9.99. The van der Waals surface area contributed by atoms with Crippen LogP contribution in [0.1, 0.15) is 16.7 Å². The minimum Gasteiger partial charge on any atom is -0.255 e. The lowest BCUT2D eigenvalue weighted by Gasteiger charge is -2.16. The summed E-state index contributed by atoms with van der Waals surface area (Å²) in [5.74, 6) is 0. The molecule has 0 amide bonds. The van der Waals surface area contributed by atoms with Gasteiger partial charge < -0.3 is 0 Å². The second-order valence-electron chi connectivity index (χ2n) is 4.57. The lowest BCUT2D eigenvalue weighted by molar-refractivity contribution is -0.142. The van der Waals surface area contributed by atoms with E-state index in [1.54, 1.807) is 6.92 Å². The maximum Gasteiger partial charge on any atom is 0.417 e. The number of benzene rings is 1. The zero-order valence-electron chi connectivity index (χ0n) is 11.0. The molecule has 0 aliphatic rings. The van der Waals surface area contributed by atoms with Gasteiger partial charge in [-0.1, -0.05) is 6.07 Å². The molecule has 0 N–H and O–H groups in total. The molecule has 2 aromatic rings. The van der Waals surface area contributed by atoms with Crippen LogP contribution in [0.15, 0.2) is 34.9 Å². The number of pyridine rings is 1. The van der Waals surface area contributed by atoms with Crippen molar-refractivity contribution in [2.24, 2.45) is 0 Å². The fourth-order valence-corrected chi connectivity index (χ4v) is 2.08. The third-order valence-corrected chi connectivity index (χ3v) is 3.81. The van der Waals surface area contributed by atoms with Gasteiger partial charge >= 0.3 is 12.4 Å². The summed E-state index contributed by atoms with van der Waals surface area (Å²) in [5.41, 5.74) is -2.52. The van der Waals surface area contributed by atoms with Crippen LogP contribution in [0.25, 0.3) is 11.3 Å². The quantitative estimate of drug-likeness (QED) is 0.562. The Morgan fingerprint density at radius 1 is 0.955 bits per heavy atom. The highest BCUT2D eigenvalue weighted by Gasteiger charge is 2.38. The van der Waals surface area contributed by atoms with Gasteiger partial charge in [0.1, 0.15) is 0 Å². The fraction of sp³-hybridized carbons (Fsp3) is 0.214. The van der Waals surface area contributed by atoms with Crippen molar-refractivity contribution in [2.75, 3.05) is 0 Å².